The Morgan fingerprint density at radius 3 is 2.22 bits per heavy atom. The minimum atomic E-state index is -0.186. The van der Waals surface area contributed by atoms with Crippen LogP contribution >= 0.6 is 15.9 Å². The first-order valence-corrected chi connectivity index (χ1v) is 8.30. The summed E-state index contributed by atoms with van der Waals surface area (Å²) in [6.45, 7) is 5.26. The SMILES string of the molecule is CCN(CC)C(=O)c1ccc(NC(=O)c2cccc(Br)c2)cc1. The molecule has 0 aromatic heterocycles. The first kappa shape index (κ1) is 17.2. The molecular formula is C18H19BrN2O2. The van der Waals surface area contributed by atoms with Crippen LogP contribution in [-0.2, 0) is 0 Å². The molecule has 0 radical (unpaired) electrons. The van der Waals surface area contributed by atoms with E-state index in [1.54, 1.807) is 41.3 Å². The molecule has 0 spiro atoms. The van der Waals surface area contributed by atoms with Gasteiger partial charge in [0.2, 0.25) is 0 Å². The number of nitrogens with zero attached hydrogens (tertiary/aromatic N) is 1. The van der Waals surface area contributed by atoms with Crippen molar-refractivity contribution in [1.82, 2.24) is 4.90 Å². The van der Waals surface area contributed by atoms with Crippen molar-refractivity contribution in [2.75, 3.05) is 18.4 Å². The number of anilines is 1. The number of amides is 2. The first-order chi connectivity index (χ1) is 11.0. The highest BCUT2D eigenvalue weighted by molar-refractivity contribution is 9.10. The predicted molar refractivity (Wildman–Crippen MR) is 95.8 cm³/mol. The topological polar surface area (TPSA) is 49.4 Å². The molecule has 1 N–H and O–H groups in total. The van der Waals surface area contributed by atoms with E-state index in [2.05, 4.69) is 21.2 Å². The van der Waals surface area contributed by atoms with E-state index >= 15 is 0 Å². The maximum Gasteiger partial charge on any atom is 0.255 e. The third-order valence-corrected chi connectivity index (χ3v) is 4.02. The molecule has 0 unspecified atom stereocenters. The molecule has 0 aliphatic rings. The Morgan fingerprint density at radius 2 is 1.65 bits per heavy atom. The molecule has 23 heavy (non-hydrogen) atoms. The van der Waals surface area contributed by atoms with Crippen molar-refractivity contribution in [3.63, 3.8) is 0 Å². The Labute approximate surface area is 144 Å². The number of benzene rings is 2. The maximum atomic E-state index is 12.2. The summed E-state index contributed by atoms with van der Waals surface area (Å²) in [6, 6.07) is 14.1. The van der Waals surface area contributed by atoms with Crippen LogP contribution < -0.4 is 5.32 Å². The summed E-state index contributed by atoms with van der Waals surface area (Å²) >= 11 is 3.35. The van der Waals surface area contributed by atoms with Crippen molar-refractivity contribution >= 4 is 33.4 Å². The van der Waals surface area contributed by atoms with Crippen molar-refractivity contribution in [1.29, 1.82) is 0 Å². The largest absolute Gasteiger partial charge is 0.339 e. The minimum Gasteiger partial charge on any atom is -0.339 e. The molecule has 4 nitrogen and oxygen atoms in total. The van der Waals surface area contributed by atoms with Gasteiger partial charge in [-0.3, -0.25) is 9.59 Å². The molecule has 2 rings (SSSR count). The molecule has 0 aliphatic heterocycles. The monoisotopic (exact) mass is 374 g/mol. The van der Waals surface area contributed by atoms with Gasteiger partial charge in [-0.1, -0.05) is 22.0 Å². The van der Waals surface area contributed by atoms with Gasteiger partial charge in [-0.05, 0) is 56.3 Å². The van der Waals surface area contributed by atoms with Gasteiger partial charge in [0.25, 0.3) is 11.8 Å². The summed E-state index contributed by atoms with van der Waals surface area (Å²) in [7, 11) is 0. The van der Waals surface area contributed by atoms with Crippen LogP contribution in [0.4, 0.5) is 5.69 Å². The average molecular weight is 375 g/mol. The van der Waals surface area contributed by atoms with Gasteiger partial charge in [-0.2, -0.15) is 0 Å². The molecule has 2 amide bonds. The fraction of sp³-hybridized carbons (Fsp3) is 0.222. The predicted octanol–water partition coefficient (Wildman–Crippen LogP) is 4.18. The zero-order valence-electron chi connectivity index (χ0n) is 13.2. The molecule has 2 aromatic rings. The Morgan fingerprint density at radius 1 is 1.00 bits per heavy atom. The second kappa shape index (κ2) is 7.92. The van der Waals surface area contributed by atoms with E-state index in [0.717, 1.165) is 4.47 Å². The lowest BCUT2D eigenvalue weighted by Crippen LogP contribution is -2.30. The van der Waals surface area contributed by atoms with Gasteiger partial charge in [0.1, 0.15) is 0 Å². The summed E-state index contributed by atoms with van der Waals surface area (Å²) < 4.78 is 0.852. The summed E-state index contributed by atoms with van der Waals surface area (Å²) in [5, 5.41) is 2.82. The van der Waals surface area contributed by atoms with Crippen molar-refractivity contribution in [3.05, 3.63) is 64.1 Å². The standard InChI is InChI=1S/C18H19BrN2O2/c1-3-21(4-2)18(23)13-8-10-16(11-9-13)20-17(22)14-6-5-7-15(19)12-14/h5-12H,3-4H2,1-2H3,(H,20,22). The molecule has 2 aromatic carbocycles. The van der Waals surface area contributed by atoms with Crippen molar-refractivity contribution < 1.29 is 9.59 Å². The normalized spacial score (nSPS) is 10.2. The highest BCUT2D eigenvalue weighted by Gasteiger charge is 2.12. The van der Waals surface area contributed by atoms with Crippen LogP contribution in [0.15, 0.2) is 53.0 Å². The molecule has 0 bridgehead atoms. The van der Waals surface area contributed by atoms with E-state index in [-0.39, 0.29) is 11.8 Å². The van der Waals surface area contributed by atoms with Crippen molar-refractivity contribution in [2.24, 2.45) is 0 Å². The lowest BCUT2D eigenvalue weighted by atomic mass is 10.1. The summed E-state index contributed by atoms with van der Waals surface area (Å²) in [5.41, 5.74) is 1.85. The van der Waals surface area contributed by atoms with Crippen LogP contribution in [0.25, 0.3) is 0 Å². The van der Waals surface area contributed by atoms with Crippen molar-refractivity contribution in [3.8, 4) is 0 Å². The van der Waals surface area contributed by atoms with Crippen LogP contribution in [0.1, 0.15) is 34.6 Å². The van der Waals surface area contributed by atoms with E-state index in [1.807, 2.05) is 26.0 Å². The quantitative estimate of drug-likeness (QED) is 0.852. The Kier molecular flexibility index (Phi) is 5.93. The van der Waals surface area contributed by atoms with Gasteiger partial charge >= 0.3 is 0 Å². The molecule has 5 heteroatoms. The number of carbonyl (C=O) groups is 2. The Bertz CT molecular complexity index is 694. The van der Waals surface area contributed by atoms with Gasteiger partial charge in [0, 0.05) is 34.4 Å². The highest BCUT2D eigenvalue weighted by atomic mass is 79.9. The van der Waals surface area contributed by atoms with Crippen LogP contribution in [0.2, 0.25) is 0 Å². The Balaban J connectivity index is 2.08. The molecule has 0 fully saturated rings. The molecular weight excluding hydrogens is 356 g/mol. The number of hydrogen-bond donors (Lipinski definition) is 1. The van der Waals surface area contributed by atoms with Gasteiger partial charge in [0.05, 0.1) is 0 Å². The maximum absolute atomic E-state index is 12.2. The van der Waals surface area contributed by atoms with Crippen LogP contribution in [0.5, 0.6) is 0 Å². The smallest absolute Gasteiger partial charge is 0.255 e. The van der Waals surface area contributed by atoms with E-state index in [4.69, 9.17) is 0 Å². The number of rotatable bonds is 5. The van der Waals surface area contributed by atoms with E-state index in [9.17, 15) is 9.59 Å². The number of nitrogens with one attached hydrogen (secondary N) is 1. The number of hydrogen-bond acceptors (Lipinski definition) is 2. The molecule has 0 atom stereocenters. The van der Waals surface area contributed by atoms with E-state index in [1.165, 1.54) is 0 Å². The molecule has 0 aliphatic carbocycles. The summed E-state index contributed by atoms with van der Waals surface area (Å²) in [4.78, 5) is 26.2. The fourth-order valence-corrected chi connectivity index (χ4v) is 2.62. The molecule has 0 saturated carbocycles. The molecule has 120 valence electrons. The van der Waals surface area contributed by atoms with Gasteiger partial charge < -0.3 is 10.2 Å². The number of carbonyl (C=O) groups excluding carboxylic acids is 2. The highest BCUT2D eigenvalue weighted by Crippen LogP contribution is 2.15. The third kappa shape index (κ3) is 4.42. The average Bonchev–Trinajstić information content (AvgIpc) is 2.56. The zero-order valence-corrected chi connectivity index (χ0v) is 14.8. The first-order valence-electron chi connectivity index (χ1n) is 7.51. The minimum absolute atomic E-state index is 0.000124. The van der Waals surface area contributed by atoms with E-state index in [0.29, 0.717) is 29.9 Å². The molecule has 0 saturated heterocycles. The van der Waals surface area contributed by atoms with Gasteiger partial charge in [0.15, 0.2) is 0 Å². The van der Waals surface area contributed by atoms with Crippen molar-refractivity contribution in [2.45, 2.75) is 13.8 Å². The second-order valence-electron chi connectivity index (χ2n) is 5.02. The van der Waals surface area contributed by atoms with Crippen LogP contribution in [0.3, 0.4) is 0 Å². The third-order valence-electron chi connectivity index (χ3n) is 3.53. The fourth-order valence-electron chi connectivity index (χ4n) is 2.22. The van der Waals surface area contributed by atoms with Gasteiger partial charge in [-0.25, -0.2) is 0 Å². The Hall–Kier alpha value is -2.14. The summed E-state index contributed by atoms with van der Waals surface area (Å²) in [5.74, 6) is -0.186. The molecule has 0 heterocycles. The van der Waals surface area contributed by atoms with Crippen LogP contribution in [-0.4, -0.2) is 29.8 Å². The number of halogens is 1. The van der Waals surface area contributed by atoms with E-state index < -0.39 is 0 Å². The summed E-state index contributed by atoms with van der Waals surface area (Å²) in [6.07, 6.45) is 0. The lowest BCUT2D eigenvalue weighted by Gasteiger charge is -2.18. The second-order valence-corrected chi connectivity index (χ2v) is 5.93. The zero-order chi connectivity index (χ0) is 16.8. The lowest BCUT2D eigenvalue weighted by molar-refractivity contribution is 0.0773. The van der Waals surface area contributed by atoms with Gasteiger partial charge in [-0.15, -0.1) is 0 Å². The van der Waals surface area contributed by atoms with Crippen LogP contribution in [0, 0.1) is 0 Å².